The molecule has 0 aromatic heterocycles. The van der Waals surface area contributed by atoms with Gasteiger partial charge in [-0.25, -0.2) is 0 Å². The summed E-state index contributed by atoms with van der Waals surface area (Å²) in [6.07, 6.45) is 3.72. The predicted molar refractivity (Wildman–Crippen MR) is 44.0 cm³/mol. The van der Waals surface area contributed by atoms with Crippen molar-refractivity contribution in [3.05, 3.63) is 22.8 Å². The van der Waals surface area contributed by atoms with Crippen LogP contribution >= 0.6 is 22.6 Å². The van der Waals surface area contributed by atoms with Gasteiger partial charge in [-0.2, -0.15) is 0 Å². The molecule has 0 amide bonds. The minimum atomic E-state index is -0.374. The first kappa shape index (κ1) is 8.17. The van der Waals surface area contributed by atoms with Gasteiger partial charge in [0.2, 0.25) is 0 Å². The van der Waals surface area contributed by atoms with Gasteiger partial charge in [-0.05, 0) is 10.5 Å². The van der Waals surface area contributed by atoms with Crippen LogP contribution in [0.3, 0.4) is 0 Å². The van der Waals surface area contributed by atoms with Crippen LogP contribution < -0.4 is 0 Å². The highest BCUT2D eigenvalue weighted by Gasteiger charge is 1.89. The maximum Gasteiger partial charge on any atom is 0.0752 e. The third kappa shape index (κ3) is 4.33. The van der Waals surface area contributed by atoms with E-state index in [0.717, 1.165) is 0 Å². The molecule has 0 aromatic carbocycles. The Morgan fingerprint density at radius 2 is 2.38 bits per heavy atom. The number of aliphatic hydroxyl groups is 1. The van der Waals surface area contributed by atoms with Crippen molar-refractivity contribution in [1.82, 2.24) is 0 Å². The van der Waals surface area contributed by atoms with Crippen molar-refractivity contribution in [2.75, 3.05) is 0 Å². The number of aliphatic hydroxyl groups excluding tert-OH is 1. The predicted octanol–water partition coefficient (Wildman–Crippen LogP) is 1.87. The fourth-order valence-corrected chi connectivity index (χ4v) is 0.581. The summed E-state index contributed by atoms with van der Waals surface area (Å²) < 4.78 is 1.88. The topological polar surface area (TPSA) is 20.2 Å². The molecule has 0 aliphatic rings. The maximum absolute atomic E-state index is 8.82. The molecule has 0 radical (unpaired) electrons. The smallest absolute Gasteiger partial charge is 0.0752 e. The van der Waals surface area contributed by atoms with Crippen LogP contribution in [-0.4, -0.2) is 11.2 Å². The van der Waals surface area contributed by atoms with E-state index >= 15 is 0 Å². The molecule has 46 valence electrons. The van der Waals surface area contributed by atoms with Gasteiger partial charge in [0.05, 0.1) is 6.10 Å². The van der Waals surface area contributed by atoms with Crippen molar-refractivity contribution >= 4 is 22.6 Å². The molecule has 0 aliphatic heterocycles. The average molecular weight is 224 g/mol. The molecule has 0 heterocycles. The van der Waals surface area contributed by atoms with Crippen molar-refractivity contribution in [2.45, 2.75) is 12.5 Å². The van der Waals surface area contributed by atoms with E-state index in [1.54, 1.807) is 0 Å². The Balaban J connectivity index is 3.23. The molecule has 0 spiro atoms. The number of rotatable bonds is 3. The zero-order chi connectivity index (χ0) is 6.41. The summed E-state index contributed by atoms with van der Waals surface area (Å²) in [5.41, 5.74) is 0. The molecular weight excluding hydrogens is 215 g/mol. The molecule has 1 nitrogen and oxygen atoms in total. The van der Waals surface area contributed by atoms with Crippen molar-refractivity contribution in [1.29, 1.82) is 0 Å². The second-order valence-corrected chi connectivity index (χ2v) is 2.12. The molecule has 0 rings (SSSR count). The van der Waals surface area contributed by atoms with Crippen molar-refractivity contribution in [3.63, 3.8) is 0 Å². The Morgan fingerprint density at radius 3 is 2.75 bits per heavy atom. The Kier molecular flexibility index (Phi) is 5.42. The third-order valence-corrected chi connectivity index (χ3v) is 1.25. The van der Waals surface area contributed by atoms with Crippen LogP contribution in [0, 0.1) is 0 Å². The molecule has 1 atom stereocenters. The van der Waals surface area contributed by atoms with Crippen LogP contribution in [-0.2, 0) is 0 Å². The van der Waals surface area contributed by atoms with Crippen molar-refractivity contribution in [3.8, 4) is 0 Å². The van der Waals surface area contributed by atoms with Gasteiger partial charge in [0.25, 0.3) is 0 Å². The third-order valence-electron chi connectivity index (χ3n) is 0.739. The number of halogens is 1. The highest BCUT2D eigenvalue weighted by molar-refractivity contribution is 14.1. The van der Waals surface area contributed by atoms with Gasteiger partial charge in [-0.1, -0.05) is 34.7 Å². The number of hydrogen-bond acceptors (Lipinski definition) is 1. The summed E-state index contributed by atoms with van der Waals surface area (Å²) in [7, 11) is 0. The SMILES string of the molecule is C=CC(O)C/C=C/I. The van der Waals surface area contributed by atoms with Crippen LogP contribution in [0.5, 0.6) is 0 Å². The minimum absolute atomic E-state index is 0.374. The zero-order valence-corrected chi connectivity index (χ0v) is 6.71. The van der Waals surface area contributed by atoms with Gasteiger partial charge in [0, 0.05) is 0 Å². The minimum Gasteiger partial charge on any atom is -0.389 e. The van der Waals surface area contributed by atoms with E-state index < -0.39 is 0 Å². The monoisotopic (exact) mass is 224 g/mol. The van der Waals surface area contributed by atoms with Gasteiger partial charge in [0.1, 0.15) is 0 Å². The Bertz CT molecular complexity index is 88.5. The number of hydrogen-bond donors (Lipinski definition) is 1. The lowest BCUT2D eigenvalue weighted by Gasteiger charge is -1.95. The lowest BCUT2D eigenvalue weighted by atomic mass is 10.2. The Morgan fingerprint density at radius 1 is 1.75 bits per heavy atom. The summed E-state index contributed by atoms with van der Waals surface area (Å²) in [6.45, 7) is 3.43. The quantitative estimate of drug-likeness (QED) is 0.573. The highest BCUT2D eigenvalue weighted by Crippen LogP contribution is 1.95. The van der Waals surface area contributed by atoms with E-state index in [9.17, 15) is 0 Å². The van der Waals surface area contributed by atoms with E-state index in [1.807, 2.05) is 10.2 Å². The molecule has 0 aliphatic carbocycles. The van der Waals surface area contributed by atoms with E-state index in [2.05, 4.69) is 29.2 Å². The van der Waals surface area contributed by atoms with E-state index in [1.165, 1.54) is 6.08 Å². The molecule has 0 saturated carbocycles. The Hall–Kier alpha value is 0.170. The molecule has 0 bridgehead atoms. The Labute approximate surface area is 63.2 Å². The molecule has 8 heavy (non-hydrogen) atoms. The van der Waals surface area contributed by atoms with Gasteiger partial charge in [-0.3, -0.25) is 0 Å². The summed E-state index contributed by atoms with van der Waals surface area (Å²) in [6, 6.07) is 0. The summed E-state index contributed by atoms with van der Waals surface area (Å²) in [5.74, 6) is 0. The van der Waals surface area contributed by atoms with Crippen molar-refractivity contribution in [2.24, 2.45) is 0 Å². The highest BCUT2D eigenvalue weighted by atomic mass is 127. The lowest BCUT2D eigenvalue weighted by Crippen LogP contribution is -1.97. The maximum atomic E-state index is 8.82. The van der Waals surface area contributed by atoms with Gasteiger partial charge < -0.3 is 5.11 Å². The normalized spacial score (nSPS) is 14.2. The molecule has 0 fully saturated rings. The van der Waals surface area contributed by atoms with Gasteiger partial charge in [0.15, 0.2) is 0 Å². The first-order chi connectivity index (χ1) is 3.81. The summed E-state index contributed by atoms with van der Waals surface area (Å²) in [4.78, 5) is 0. The largest absolute Gasteiger partial charge is 0.389 e. The molecule has 0 aromatic rings. The van der Waals surface area contributed by atoms with Crippen LogP contribution in [0.1, 0.15) is 6.42 Å². The molecule has 1 N–H and O–H groups in total. The fraction of sp³-hybridized carbons (Fsp3) is 0.333. The fourth-order valence-electron chi connectivity index (χ4n) is 0.287. The molecule has 1 unspecified atom stereocenters. The van der Waals surface area contributed by atoms with Crippen LogP contribution in [0.2, 0.25) is 0 Å². The van der Waals surface area contributed by atoms with E-state index in [-0.39, 0.29) is 6.10 Å². The van der Waals surface area contributed by atoms with Crippen LogP contribution in [0.4, 0.5) is 0 Å². The molecule has 0 saturated heterocycles. The summed E-state index contributed by atoms with van der Waals surface area (Å²) in [5, 5.41) is 8.82. The first-order valence-corrected chi connectivity index (χ1v) is 3.61. The van der Waals surface area contributed by atoms with Gasteiger partial charge in [-0.15, -0.1) is 6.58 Å². The first-order valence-electron chi connectivity index (χ1n) is 2.37. The standard InChI is InChI=1S/C6H9IO/c1-2-6(8)4-3-5-7/h2-3,5-6,8H,1,4H2/b5-3+. The molecular formula is C6H9IO. The van der Waals surface area contributed by atoms with E-state index in [4.69, 9.17) is 5.11 Å². The molecule has 2 heteroatoms. The van der Waals surface area contributed by atoms with Crippen molar-refractivity contribution < 1.29 is 5.11 Å². The second-order valence-electron chi connectivity index (χ2n) is 1.40. The average Bonchev–Trinajstić information content (AvgIpc) is 1.83. The lowest BCUT2D eigenvalue weighted by molar-refractivity contribution is 0.227. The van der Waals surface area contributed by atoms with Crippen LogP contribution in [0.25, 0.3) is 0 Å². The van der Waals surface area contributed by atoms with Gasteiger partial charge >= 0.3 is 0 Å². The second kappa shape index (κ2) is 5.31. The van der Waals surface area contributed by atoms with E-state index in [0.29, 0.717) is 6.42 Å². The zero-order valence-electron chi connectivity index (χ0n) is 4.55. The van der Waals surface area contributed by atoms with Crippen LogP contribution in [0.15, 0.2) is 22.8 Å². The summed E-state index contributed by atoms with van der Waals surface area (Å²) >= 11 is 2.11.